The zero-order chi connectivity index (χ0) is 14.4. The molecule has 1 aliphatic carbocycles. The van der Waals surface area contributed by atoms with Gasteiger partial charge in [-0.05, 0) is 44.2 Å². The molecule has 20 heavy (non-hydrogen) atoms. The molecular weight excluding hydrogens is 250 g/mol. The van der Waals surface area contributed by atoms with Crippen LogP contribution < -0.4 is 15.8 Å². The van der Waals surface area contributed by atoms with Crippen molar-refractivity contribution in [2.24, 2.45) is 16.6 Å². The molecule has 2 rings (SSSR count). The van der Waals surface area contributed by atoms with Gasteiger partial charge in [-0.1, -0.05) is 24.6 Å². The monoisotopic (exact) mass is 275 g/mol. The van der Waals surface area contributed by atoms with E-state index >= 15 is 0 Å². The molecule has 3 N–H and O–H groups in total. The minimum absolute atomic E-state index is 0.0140. The minimum atomic E-state index is 0.0140. The Balaban J connectivity index is 1.73. The maximum absolute atomic E-state index is 5.86. The number of hydrogen-bond donors (Lipinski definition) is 2. The Morgan fingerprint density at radius 3 is 2.85 bits per heavy atom. The van der Waals surface area contributed by atoms with Gasteiger partial charge in [-0.2, -0.15) is 0 Å². The van der Waals surface area contributed by atoms with Crippen LogP contribution in [0.5, 0.6) is 5.75 Å². The van der Waals surface area contributed by atoms with Crippen LogP contribution in [0.1, 0.15) is 31.7 Å². The number of rotatable bonds is 6. The van der Waals surface area contributed by atoms with Crippen molar-refractivity contribution >= 4 is 5.96 Å². The van der Waals surface area contributed by atoms with Crippen molar-refractivity contribution in [3.8, 4) is 5.75 Å². The van der Waals surface area contributed by atoms with E-state index in [-0.39, 0.29) is 6.10 Å². The Kier molecular flexibility index (Phi) is 5.27. The summed E-state index contributed by atoms with van der Waals surface area (Å²) in [5.74, 6) is 2.22. The Hall–Kier alpha value is -1.71. The number of aryl methyl sites for hydroxylation is 1. The second-order valence-corrected chi connectivity index (χ2v) is 5.60. The zero-order valence-electron chi connectivity index (χ0n) is 12.4. The third kappa shape index (κ3) is 4.44. The van der Waals surface area contributed by atoms with Gasteiger partial charge < -0.3 is 15.8 Å². The number of nitrogens with two attached hydrogens (primary N) is 1. The summed E-state index contributed by atoms with van der Waals surface area (Å²) in [6.45, 7) is 5.56. The largest absolute Gasteiger partial charge is 0.489 e. The Morgan fingerprint density at radius 1 is 1.45 bits per heavy atom. The Morgan fingerprint density at radius 2 is 2.20 bits per heavy atom. The molecule has 0 saturated heterocycles. The lowest BCUT2D eigenvalue weighted by Crippen LogP contribution is -2.38. The van der Waals surface area contributed by atoms with E-state index in [2.05, 4.69) is 10.3 Å². The summed E-state index contributed by atoms with van der Waals surface area (Å²) in [5.41, 5.74) is 6.99. The fourth-order valence-corrected chi connectivity index (χ4v) is 2.17. The second-order valence-electron chi connectivity index (χ2n) is 5.60. The number of guanidine groups is 1. The van der Waals surface area contributed by atoms with Gasteiger partial charge in [0.05, 0.1) is 6.54 Å². The van der Waals surface area contributed by atoms with E-state index in [0.29, 0.717) is 12.5 Å². The van der Waals surface area contributed by atoms with E-state index in [9.17, 15) is 0 Å². The summed E-state index contributed by atoms with van der Waals surface area (Å²) >= 11 is 0. The van der Waals surface area contributed by atoms with Gasteiger partial charge in [0.2, 0.25) is 0 Å². The summed E-state index contributed by atoms with van der Waals surface area (Å²) in [6.07, 6.45) is 3.99. The molecule has 1 saturated carbocycles. The molecule has 1 atom stereocenters. The predicted octanol–water partition coefficient (Wildman–Crippen LogP) is 2.47. The highest BCUT2D eigenvalue weighted by Gasteiger charge is 2.16. The molecule has 0 aromatic heterocycles. The lowest BCUT2D eigenvalue weighted by molar-refractivity contribution is 0.228. The summed E-state index contributed by atoms with van der Waals surface area (Å²) in [4.78, 5) is 4.34. The van der Waals surface area contributed by atoms with Crippen LogP contribution in [0.2, 0.25) is 0 Å². The molecule has 1 unspecified atom stereocenters. The van der Waals surface area contributed by atoms with E-state index in [1.165, 1.54) is 19.3 Å². The predicted molar refractivity (Wildman–Crippen MR) is 83.1 cm³/mol. The van der Waals surface area contributed by atoms with Gasteiger partial charge in [-0.3, -0.25) is 0 Å². The number of nitrogens with one attached hydrogen (secondary N) is 1. The quantitative estimate of drug-likeness (QED) is 0.619. The van der Waals surface area contributed by atoms with Gasteiger partial charge in [0.15, 0.2) is 5.96 Å². The van der Waals surface area contributed by atoms with Crippen LogP contribution in [0.4, 0.5) is 0 Å². The topological polar surface area (TPSA) is 59.6 Å². The van der Waals surface area contributed by atoms with Crippen molar-refractivity contribution < 1.29 is 4.74 Å². The molecule has 1 fully saturated rings. The molecule has 0 spiro atoms. The molecule has 0 bridgehead atoms. The average Bonchev–Trinajstić information content (AvgIpc) is 2.37. The molecule has 110 valence electrons. The van der Waals surface area contributed by atoms with Crippen molar-refractivity contribution in [3.05, 3.63) is 29.8 Å². The maximum Gasteiger partial charge on any atom is 0.188 e. The van der Waals surface area contributed by atoms with Crippen LogP contribution in [0.25, 0.3) is 0 Å². The van der Waals surface area contributed by atoms with E-state index in [1.54, 1.807) is 0 Å². The zero-order valence-corrected chi connectivity index (χ0v) is 12.4. The van der Waals surface area contributed by atoms with Gasteiger partial charge in [-0.25, -0.2) is 4.99 Å². The molecule has 1 aromatic carbocycles. The van der Waals surface area contributed by atoms with Gasteiger partial charge >= 0.3 is 0 Å². The third-order valence-electron chi connectivity index (χ3n) is 3.74. The highest BCUT2D eigenvalue weighted by Crippen LogP contribution is 2.25. The Labute approximate surface area is 121 Å². The average molecular weight is 275 g/mol. The first-order valence-corrected chi connectivity index (χ1v) is 7.41. The summed E-state index contributed by atoms with van der Waals surface area (Å²) in [6, 6.07) is 8.01. The van der Waals surface area contributed by atoms with Gasteiger partial charge in [-0.15, -0.1) is 0 Å². The highest BCUT2D eigenvalue weighted by atomic mass is 16.5. The van der Waals surface area contributed by atoms with E-state index in [4.69, 9.17) is 10.5 Å². The summed E-state index contributed by atoms with van der Waals surface area (Å²) < 4.78 is 5.86. The van der Waals surface area contributed by atoms with Crippen LogP contribution in [-0.4, -0.2) is 25.2 Å². The second kappa shape index (κ2) is 7.17. The molecular formula is C16H25N3O. The molecule has 0 aliphatic heterocycles. The first-order chi connectivity index (χ1) is 9.65. The molecule has 1 aliphatic rings. The molecule has 4 nitrogen and oxygen atoms in total. The number of para-hydroxylation sites is 1. The van der Waals surface area contributed by atoms with Gasteiger partial charge in [0, 0.05) is 6.54 Å². The van der Waals surface area contributed by atoms with Crippen molar-refractivity contribution in [1.82, 2.24) is 5.32 Å². The van der Waals surface area contributed by atoms with E-state index < -0.39 is 0 Å². The van der Waals surface area contributed by atoms with Crippen LogP contribution in [-0.2, 0) is 0 Å². The van der Waals surface area contributed by atoms with Crippen molar-refractivity contribution in [1.29, 1.82) is 0 Å². The number of benzene rings is 1. The first-order valence-electron chi connectivity index (χ1n) is 7.41. The lowest BCUT2D eigenvalue weighted by atomic mass is 9.85. The van der Waals surface area contributed by atoms with Crippen LogP contribution in [0.15, 0.2) is 29.3 Å². The molecule has 0 heterocycles. The highest BCUT2D eigenvalue weighted by molar-refractivity contribution is 5.77. The van der Waals surface area contributed by atoms with E-state index in [0.717, 1.165) is 23.8 Å². The number of hydrogen-bond acceptors (Lipinski definition) is 2. The van der Waals surface area contributed by atoms with E-state index in [1.807, 2.05) is 38.1 Å². The molecule has 0 radical (unpaired) electrons. The maximum atomic E-state index is 5.86. The van der Waals surface area contributed by atoms with Crippen LogP contribution >= 0.6 is 0 Å². The fraction of sp³-hybridized carbons (Fsp3) is 0.562. The summed E-state index contributed by atoms with van der Waals surface area (Å²) in [5, 5.41) is 3.19. The van der Waals surface area contributed by atoms with Crippen molar-refractivity contribution in [2.45, 2.75) is 39.2 Å². The molecule has 4 heteroatoms. The third-order valence-corrected chi connectivity index (χ3v) is 3.74. The number of nitrogens with zero attached hydrogens (tertiary/aromatic N) is 1. The minimum Gasteiger partial charge on any atom is -0.489 e. The molecule has 0 amide bonds. The standard InChI is InChI=1S/C16H25N3O/c1-12-6-3-4-9-15(12)20-13(2)10-18-16(17)19-11-14-7-5-8-14/h3-4,6,9,13-14H,5,7-8,10-11H2,1-2H3,(H3,17,18,19). The number of ether oxygens (including phenoxy) is 1. The summed E-state index contributed by atoms with van der Waals surface area (Å²) in [7, 11) is 0. The smallest absolute Gasteiger partial charge is 0.188 e. The Bertz CT molecular complexity index is 455. The normalized spacial score (nSPS) is 17.4. The van der Waals surface area contributed by atoms with Crippen LogP contribution in [0, 0.1) is 12.8 Å². The lowest BCUT2D eigenvalue weighted by Gasteiger charge is -2.25. The van der Waals surface area contributed by atoms with Crippen LogP contribution in [0.3, 0.4) is 0 Å². The van der Waals surface area contributed by atoms with Gasteiger partial charge in [0.25, 0.3) is 0 Å². The first kappa shape index (κ1) is 14.7. The fourth-order valence-electron chi connectivity index (χ4n) is 2.17. The SMILES string of the molecule is Cc1ccccc1OC(C)CN=C(N)NCC1CCC1. The molecule has 1 aromatic rings. The van der Waals surface area contributed by atoms with Crippen molar-refractivity contribution in [2.75, 3.05) is 13.1 Å². The van der Waals surface area contributed by atoms with Gasteiger partial charge in [0.1, 0.15) is 11.9 Å². The van der Waals surface area contributed by atoms with Crippen molar-refractivity contribution in [3.63, 3.8) is 0 Å². The number of aliphatic imine (C=N–C) groups is 1.